The second-order valence-electron chi connectivity index (χ2n) is 8.99. The van der Waals surface area contributed by atoms with E-state index in [2.05, 4.69) is 20.4 Å². The number of amides is 1. The quantitative estimate of drug-likeness (QED) is 0.348. The van der Waals surface area contributed by atoms with Crippen molar-refractivity contribution in [1.29, 1.82) is 0 Å². The van der Waals surface area contributed by atoms with Crippen LogP contribution in [0.2, 0.25) is 0 Å². The molecule has 2 aromatic carbocycles. The fraction of sp³-hybridized carbons (Fsp3) is 0.407. The maximum absolute atomic E-state index is 12.8. The van der Waals surface area contributed by atoms with Crippen LogP contribution in [-0.4, -0.2) is 46.6 Å². The van der Waals surface area contributed by atoms with Gasteiger partial charge in [-0.25, -0.2) is 4.79 Å². The molecule has 1 fully saturated rings. The fourth-order valence-electron chi connectivity index (χ4n) is 4.09. The molecule has 184 valence electrons. The molecule has 0 aliphatic carbocycles. The molecule has 0 spiro atoms. The minimum atomic E-state index is -0.337. The van der Waals surface area contributed by atoms with Gasteiger partial charge in [0.15, 0.2) is 0 Å². The van der Waals surface area contributed by atoms with Gasteiger partial charge in [0.05, 0.1) is 18.7 Å². The summed E-state index contributed by atoms with van der Waals surface area (Å²) in [5, 5.41) is 7.08. The summed E-state index contributed by atoms with van der Waals surface area (Å²) in [5.41, 5.74) is 3.25. The van der Waals surface area contributed by atoms with E-state index in [1.165, 1.54) is 0 Å². The van der Waals surface area contributed by atoms with Crippen molar-refractivity contribution in [3.63, 3.8) is 0 Å². The number of piperidine rings is 1. The predicted octanol–water partition coefficient (Wildman–Crippen LogP) is 4.85. The number of likely N-dealkylation sites (tertiary alicyclic amines) is 1. The Bertz CT molecular complexity index is 1130. The number of aryl methyl sites for hydroxylation is 1. The Kier molecular flexibility index (Phi) is 8.26. The maximum atomic E-state index is 12.8. The topological polar surface area (TPSA) is 97.6 Å². The Morgan fingerprint density at radius 1 is 1.14 bits per heavy atom. The highest BCUT2D eigenvalue weighted by Crippen LogP contribution is 2.22. The van der Waals surface area contributed by atoms with E-state index >= 15 is 0 Å². The molecule has 1 aromatic heterocycles. The van der Waals surface area contributed by atoms with Crippen molar-refractivity contribution in [2.45, 2.75) is 46.1 Å². The van der Waals surface area contributed by atoms with Crippen LogP contribution in [0, 0.1) is 12.8 Å². The summed E-state index contributed by atoms with van der Waals surface area (Å²) in [4.78, 5) is 31.5. The molecule has 3 aromatic rings. The average molecular weight is 477 g/mol. The molecule has 0 atom stereocenters. The van der Waals surface area contributed by atoms with Crippen molar-refractivity contribution in [2.75, 3.05) is 25.0 Å². The van der Waals surface area contributed by atoms with E-state index in [1.807, 2.05) is 38.1 Å². The van der Waals surface area contributed by atoms with Crippen LogP contribution in [0.15, 0.2) is 53.1 Å². The van der Waals surface area contributed by atoms with E-state index in [0.717, 1.165) is 49.9 Å². The number of aromatic nitrogens is 2. The van der Waals surface area contributed by atoms with Crippen LogP contribution in [0.1, 0.15) is 54.4 Å². The average Bonchev–Trinajstić information content (AvgIpc) is 3.33. The van der Waals surface area contributed by atoms with Gasteiger partial charge in [0, 0.05) is 17.2 Å². The zero-order chi connectivity index (χ0) is 24.6. The highest BCUT2D eigenvalue weighted by atomic mass is 16.5. The lowest BCUT2D eigenvalue weighted by Gasteiger charge is -2.30. The van der Waals surface area contributed by atoms with Gasteiger partial charge in [0.2, 0.25) is 17.6 Å². The molecule has 8 nitrogen and oxygen atoms in total. The Labute approximate surface area is 205 Å². The summed E-state index contributed by atoms with van der Waals surface area (Å²) in [6.45, 7) is 6.64. The van der Waals surface area contributed by atoms with Crippen molar-refractivity contribution < 1.29 is 18.8 Å². The number of carbonyl (C=O) groups is 2. The molecular weight excluding hydrogens is 444 g/mol. The maximum Gasteiger partial charge on any atom is 0.338 e. The lowest BCUT2D eigenvalue weighted by atomic mass is 9.96. The predicted molar refractivity (Wildman–Crippen MR) is 133 cm³/mol. The van der Waals surface area contributed by atoms with Crippen molar-refractivity contribution in [2.24, 2.45) is 5.92 Å². The number of rotatable bonds is 9. The number of anilines is 1. The minimum Gasteiger partial charge on any atom is -0.462 e. The Morgan fingerprint density at radius 2 is 1.91 bits per heavy atom. The summed E-state index contributed by atoms with van der Waals surface area (Å²) < 4.78 is 10.7. The molecule has 35 heavy (non-hydrogen) atoms. The minimum absolute atomic E-state index is 0.00227. The first-order valence-corrected chi connectivity index (χ1v) is 12.2. The zero-order valence-corrected chi connectivity index (χ0v) is 20.3. The van der Waals surface area contributed by atoms with Gasteiger partial charge in [0.1, 0.15) is 0 Å². The molecule has 1 saturated heterocycles. The molecule has 0 unspecified atom stereocenters. The van der Waals surface area contributed by atoms with Gasteiger partial charge in [-0.3, -0.25) is 9.69 Å². The van der Waals surface area contributed by atoms with Crippen LogP contribution in [0.25, 0.3) is 11.4 Å². The van der Waals surface area contributed by atoms with E-state index in [-0.39, 0.29) is 17.8 Å². The molecule has 8 heteroatoms. The molecular formula is C27H32N4O4. The Balaban J connectivity index is 1.23. The number of unbranched alkanes of at least 4 members (excludes halogenated alkanes) is 1. The first kappa shape index (κ1) is 24.6. The summed E-state index contributed by atoms with van der Waals surface area (Å²) in [6.07, 6.45) is 3.34. The van der Waals surface area contributed by atoms with Crippen LogP contribution in [0.5, 0.6) is 0 Å². The van der Waals surface area contributed by atoms with E-state index in [4.69, 9.17) is 9.26 Å². The highest BCUT2D eigenvalue weighted by Gasteiger charge is 2.26. The summed E-state index contributed by atoms with van der Waals surface area (Å²) in [6, 6.07) is 14.9. The van der Waals surface area contributed by atoms with E-state index < -0.39 is 0 Å². The molecule has 1 N–H and O–H groups in total. The van der Waals surface area contributed by atoms with Crippen LogP contribution in [0.3, 0.4) is 0 Å². The molecule has 2 heterocycles. The normalized spacial score (nSPS) is 14.6. The SMILES string of the molecule is CCCCOC(=O)c1ccc(NC(=O)C2CCN(Cc3nc(-c4cccc(C)c4)no3)CC2)cc1. The van der Waals surface area contributed by atoms with E-state index in [9.17, 15) is 9.59 Å². The number of benzene rings is 2. The van der Waals surface area contributed by atoms with Gasteiger partial charge in [0.25, 0.3) is 0 Å². The standard InChI is InChI=1S/C27H32N4O4/c1-3-4-16-34-27(33)21-8-10-23(11-9-21)28-26(32)20-12-14-31(15-13-20)18-24-29-25(30-35-24)22-7-5-6-19(2)17-22/h5-11,17,20H,3-4,12-16,18H2,1-2H3,(H,28,32). The largest absolute Gasteiger partial charge is 0.462 e. The second-order valence-corrected chi connectivity index (χ2v) is 8.99. The molecule has 0 radical (unpaired) electrons. The first-order valence-electron chi connectivity index (χ1n) is 12.2. The number of hydrogen-bond acceptors (Lipinski definition) is 7. The molecule has 1 aliphatic rings. The van der Waals surface area contributed by atoms with E-state index in [1.54, 1.807) is 24.3 Å². The Hall–Kier alpha value is -3.52. The lowest BCUT2D eigenvalue weighted by molar-refractivity contribution is -0.121. The third-order valence-corrected chi connectivity index (χ3v) is 6.18. The third-order valence-electron chi connectivity index (χ3n) is 6.18. The number of nitrogens with zero attached hydrogens (tertiary/aromatic N) is 3. The number of hydrogen-bond donors (Lipinski definition) is 1. The number of ether oxygens (including phenoxy) is 1. The smallest absolute Gasteiger partial charge is 0.338 e. The van der Waals surface area contributed by atoms with Gasteiger partial charge in [-0.1, -0.05) is 42.3 Å². The van der Waals surface area contributed by atoms with Crippen molar-refractivity contribution in [3.05, 3.63) is 65.5 Å². The Morgan fingerprint density at radius 3 is 2.63 bits per heavy atom. The van der Waals surface area contributed by atoms with Crippen molar-refractivity contribution in [1.82, 2.24) is 15.0 Å². The molecule has 0 saturated carbocycles. The van der Waals surface area contributed by atoms with Gasteiger partial charge in [-0.2, -0.15) is 4.98 Å². The zero-order valence-electron chi connectivity index (χ0n) is 20.3. The summed E-state index contributed by atoms with van der Waals surface area (Å²) in [7, 11) is 0. The molecule has 4 rings (SSSR count). The number of carbonyl (C=O) groups excluding carboxylic acids is 2. The van der Waals surface area contributed by atoms with Gasteiger partial charge in [-0.05, 0) is 69.6 Å². The number of nitrogens with one attached hydrogen (secondary N) is 1. The van der Waals surface area contributed by atoms with Crippen LogP contribution >= 0.6 is 0 Å². The first-order chi connectivity index (χ1) is 17.0. The van der Waals surface area contributed by atoms with Crippen LogP contribution in [-0.2, 0) is 16.1 Å². The molecule has 1 aliphatic heterocycles. The number of esters is 1. The van der Waals surface area contributed by atoms with Gasteiger partial charge >= 0.3 is 5.97 Å². The third kappa shape index (κ3) is 6.76. The highest BCUT2D eigenvalue weighted by molar-refractivity contribution is 5.94. The molecule has 0 bridgehead atoms. The van der Waals surface area contributed by atoms with E-state index in [0.29, 0.717) is 36.1 Å². The fourth-order valence-corrected chi connectivity index (χ4v) is 4.09. The van der Waals surface area contributed by atoms with Crippen LogP contribution in [0.4, 0.5) is 5.69 Å². The monoisotopic (exact) mass is 476 g/mol. The summed E-state index contributed by atoms with van der Waals surface area (Å²) in [5.74, 6) is 0.782. The van der Waals surface area contributed by atoms with Crippen molar-refractivity contribution >= 4 is 17.6 Å². The van der Waals surface area contributed by atoms with Crippen LogP contribution < -0.4 is 5.32 Å². The second kappa shape index (κ2) is 11.8. The van der Waals surface area contributed by atoms with Crippen molar-refractivity contribution in [3.8, 4) is 11.4 Å². The lowest BCUT2D eigenvalue weighted by Crippen LogP contribution is -2.37. The van der Waals surface area contributed by atoms with Gasteiger partial charge in [-0.15, -0.1) is 0 Å². The summed E-state index contributed by atoms with van der Waals surface area (Å²) >= 11 is 0. The molecule has 1 amide bonds. The van der Waals surface area contributed by atoms with Gasteiger partial charge < -0.3 is 14.6 Å².